The summed E-state index contributed by atoms with van der Waals surface area (Å²) in [7, 11) is -2.41. The number of phenolic OH excluding ortho intramolecular Hbond substituents is 1. The third kappa shape index (κ3) is 2.76. The van der Waals surface area contributed by atoms with Crippen molar-refractivity contribution in [3.8, 4) is 22.6 Å². The van der Waals surface area contributed by atoms with Gasteiger partial charge >= 0.3 is 10.2 Å². The van der Waals surface area contributed by atoms with Crippen molar-refractivity contribution in [2.24, 2.45) is 0 Å². The van der Waals surface area contributed by atoms with Gasteiger partial charge in [0.2, 0.25) is 5.88 Å². The Morgan fingerprint density at radius 1 is 1.09 bits per heavy atom. The van der Waals surface area contributed by atoms with Crippen molar-refractivity contribution in [3.63, 3.8) is 0 Å². The SMILES string of the molecule is COc1cccc(-c2ccc(O)c(N3C=C(O)NS3(=O)=O)c2)c1. The molecule has 1 aliphatic rings. The van der Waals surface area contributed by atoms with Crippen LogP contribution in [0.25, 0.3) is 11.1 Å². The predicted molar refractivity (Wildman–Crippen MR) is 85.3 cm³/mol. The first-order chi connectivity index (χ1) is 10.9. The Hall–Kier alpha value is -2.87. The van der Waals surface area contributed by atoms with Crippen molar-refractivity contribution in [1.82, 2.24) is 4.72 Å². The van der Waals surface area contributed by atoms with Crippen molar-refractivity contribution < 1.29 is 23.4 Å². The van der Waals surface area contributed by atoms with Gasteiger partial charge in [-0.25, -0.2) is 9.03 Å². The van der Waals surface area contributed by atoms with E-state index in [4.69, 9.17) is 4.74 Å². The van der Waals surface area contributed by atoms with E-state index in [1.54, 1.807) is 31.4 Å². The highest BCUT2D eigenvalue weighted by Crippen LogP contribution is 2.36. The van der Waals surface area contributed by atoms with Crippen LogP contribution < -0.4 is 13.8 Å². The minimum Gasteiger partial charge on any atom is -0.506 e. The highest BCUT2D eigenvalue weighted by Gasteiger charge is 2.30. The second-order valence-electron chi connectivity index (χ2n) is 4.85. The monoisotopic (exact) mass is 334 g/mol. The van der Waals surface area contributed by atoms with Crippen LogP contribution in [-0.2, 0) is 10.2 Å². The Morgan fingerprint density at radius 3 is 2.48 bits per heavy atom. The molecule has 0 aromatic heterocycles. The molecule has 2 aromatic rings. The molecular formula is C15H14N2O5S. The third-order valence-corrected chi connectivity index (χ3v) is 4.64. The second kappa shape index (κ2) is 5.40. The Kier molecular flexibility index (Phi) is 3.53. The fourth-order valence-corrected chi connectivity index (χ4v) is 3.33. The number of methoxy groups -OCH3 is 1. The number of hydrogen-bond acceptors (Lipinski definition) is 5. The lowest BCUT2D eigenvalue weighted by Gasteiger charge is -2.16. The summed E-state index contributed by atoms with van der Waals surface area (Å²) < 4.78 is 31.8. The second-order valence-corrected chi connectivity index (χ2v) is 6.40. The fraction of sp³-hybridized carbons (Fsp3) is 0.0667. The molecule has 0 aliphatic carbocycles. The van der Waals surface area contributed by atoms with E-state index in [2.05, 4.69) is 0 Å². The predicted octanol–water partition coefficient (Wildman–Crippen LogP) is 2.08. The maximum Gasteiger partial charge on any atom is 0.330 e. The van der Waals surface area contributed by atoms with Gasteiger partial charge in [0.25, 0.3) is 0 Å². The largest absolute Gasteiger partial charge is 0.506 e. The zero-order chi connectivity index (χ0) is 16.6. The highest BCUT2D eigenvalue weighted by atomic mass is 32.2. The van der Waals surface area contributed by atoms with Gasteiger partial charge in [-0.15, -0.1) is 0 Å². The van der Waals surface area contributed by atoms with E-state index >= 15 is 0 Å². The number of benzene rings is 2. The van der Waals surface area contributed by atoms with Gasteiger partial charge in [-0.3, -0.25) is 0 Å². The normalized spacial score (nSPS) is 15.9. The minimum atomic E-state index is -3.97. The van der Waals surface area contributed by atoms with E-state index in [0.717, 1.165) is 16.1 Å². The molecule has 3 N–H and O–H groups in total. The molecule has 1 heterocycles. The molecule has 0 atom stereocenters. The lowest BCUT2D eigenvalue weighted by molar-refractivity contribution is 0.392. The molecule has 2 aromatic carbocycles. The van der Waals surface area contributed by atoms with Gasteiger partial charge in [-0.05, 0) is 35.4 Å². The number of rotatable bonds is 3. The van der Waals surface area contributed by atoms with Gasteiger partial charge in [-0.1, -0.05) is 18.2 Å². The fourth-order valence-electron chi connectivity index (χ4n) is 2.27. The number of phenols is 1. The summed E-state index contributed by atoms with van der Waals surface area (Å²) >= 11 is 0. The first-order valence-electron chi connectivity index (χ1n) is 6.61. The number of hydrogen-bond donors (Lipinski definition) is 3. The molecule has 8 heteroatoms. The summed E-state index contributed by atoms with van der Waals surface area (Å²) in [4.78, 5) is 0. The zero-order valence-electron chi connectivity index (χ0n) is 12.1. The zero-order valence-corrected chi connectivity index (χ0v) is 12.9. The lowest BCUT2D eigenvalue weighted by atomic mass is 10.0. The van der Waals surface area contributed by atoms with E-state index in [-0.39, 0.29) is 11.4 Å². The number of nitrogens with zero attached hydrogens (tertiary/aromatic N) is 1. The van der Waals surface area contributed by atoms with Crippen LogP contribution in [0.4, 0.5) is 5.69 Å². The molecule has 7 nitrogen and oxygen atoms in total. The Labute approximate surface area is 133 Å². The lowest BCUT2D eigenvalue weighted by Crippen LogP contribution is -2.29. The van der Waals surface area contributed by atoms with Crippen molar-refractivity contribution in [2.45, 2.75) is 0 Å². The van der Waals surface area contributed by atoms with Crippen molar-refractivity contribution in [2.75, 3.05) is 11.4 Å². The molecule has 0 unspecified atom stereocenters. The van der Waals surface area contributed by atoms with Crippen LogP contribution >= 0.6 is 0 Å². The van der Waals surface area contributed by atoms with Crippen LogP contribution in [0.2, 0.25) is 0 Å². The number of anilines is 1. The molecule has 0 bridgehead atoms. The Bertz CT molecular complexity index is 892. The van der Waals surface area contributed by atoms with Crippen LogP contribution in [0.5, 0.6) is 11.5 Å². The summed E-state index contributed by atoms with van der Waals surface area (Å²) in [5.41, 5.74) is 1.51. The standard InChI is InChI=1S/C15H14N2O5S/c1-22-12-4-2-3-10(7-12)11-5-6-14(18)13(8-11)17-9-15(19)16-23(17,20)21/h2-9,16,18-19H,1H3. The number of aliphatic hydroxyl groups is 1. The van der Waals surface area contributed by atoms with E-state index in [0.29, 0.717) is 11.3 Å². The van der Waals surface area contributed by atoms with Crippen LogP contribution in [0.1, 0.15) is 0 Å². The highest BCUT2D eigenvalue weighted by molar-refractivity contribution is 7.91. The molecule has 23 heavy (non-hydrogen) atoms. The summed E-state index contributed by atoms with van der Waals surface area (Å²) in [6.45, 7) is 0. The summed E-state index contributed by atoms with van der Waals surface area (Å²) in [6.07, 6.45) is 0.986. The molecule has 0 amide bonds. The third-order valence-electron chi connectivity index (χ3n) is 3.35. The van der Waals surface area contributed by atoms with E-state index in [1.165, 1.54) is 12.1 Å². The first kappa shape index (κ1) is 15.0. The molecule has 1 aliphatic heterocycles. The molecule has 0 spiro atoms. The summed E-state index contributed by atoms with van der Waals surface area (Å²) in [5, 5.41) is 19.4. The number of aromatic hydroxyl groups is 1. The van der Waals surface area contributed by atoms with Crippen molar-refractivity contribution in [3.05, 3.63) is 54.5 Å². The molecule has 0 saturated heterocycles. The van der Waals surface area contributed by atoms with Gasteiger partial charge in [0, 0.05) is 0 Å². The minimum absolute atomic E-state index is 0.0295. The number of ether oxygens (including phenoxy) is 1. The van der Waals surface area contributed by atoms with Crippen molar-refractivity contribution >= 4 is 15.9 Å². The average molecular weight is 334 g/mol. The maximum absolute atomic E-state index is 11.9. The topological polar surface area (TPSA) is 99.1 Å². The van der Waals surface area contributed by atoms with Gasteiger partial charge in [0.1, 0.15) is 17.2 Å². The first-order valence-corrected chi connectivity index (χ1v) is 8.05. The van der Waals surface area contributed by atoms with Gasteiger partial charge in [0.05, 0.1) is 13.3 Å². The Balaban J connectivity index is 2.10. The summed E-state index contributed by atoms with van der Waals surface area (Å²) in [5.74, 6) is -0.0886. The summed E-state index contributed by atoms with van der Waals surface area (Å²) in [6, 6.07) is 11.8. The van der Waals surface area contributed by atoms with Gasteiger partial charge in [0.15, 0.2) is 0 Å². The quantitative estimate of drug-likeness (QED) is 0.798. The van der Waals surface area contributed by atoms with E-state index in [1.807, 2.05) is 10.8 Å². The van der Waals surface area contributed by atoms with Gasteiger partial charge in [-0.2, -0.15) is 8.42 Å². The molecule has 0 saturated carbocycles. The number of aliphatic hydroxyl groups excluding tert-OH is 1. The molecule has 120 valence electrons. The van der Waals surface area contributed by atoms with Crippen LogP contribution in [0, 0.1) is 0 Å². The molecular weight excluding hydrogens is 320 g/mol. The van der Waals surface area contributed by atoms with E-state index in [9.17, 15) is 18.6 Å². The number of nitrogens with one attached hydrogen (secondary N) is 1. The molecule has 0 radical (unpaired) electrons. The van der Waals surface area contributed by atoms with Crippen LogP contribution in [-0.4, -0.2) is 25.7 Å². The van der Waals surface area contributed by atoms with Crippen molar-refractivity contribution in [1.29, 1.82) is 0 Å². The van der Waals surface area contributed by atoms with E-state index < -0.39 is 16.1 Å². The van der Waals surface area contributed by atoms with Crippen LogP contribution in [0.15, 0.2) is 54.5 Å². The Morgan fingerprint density at radius 2 is 1.83 bits per heavy atom. The smallest absolute Gasteiger partial charge is 0.330 e. The van der Waals surface area contributed by atoms with Gasteiger partial charge < -0.3 is 14.9 Å². The molecule has 3 rings (SSSR count). The van der Waals surface area contributed by atoms with Crippen LogP contribution in [0.3, 0.4) is 0 Å². The maximum atomic E-state index is 11.9. The average Bonchev–Trinajstić information content (AvgIpc) is 2.80. The molecule has 0 fully saturated rings.